The molecule has 0 saturated heterocycles. The lowest BCUT2D eigenvalue weighted by molar-refractivity contribution is -0.180. The van der Waals surface area contributed by atoms with E-state index >= 15 is 0 Å². The molecule has 8 atom stereocenters. The van der Waals surface area contributed by atoms with Crippen LogP contribution in [0.2, 0.25) is 0 Å². The van der Waals surface area contributed by atoms with Gasteiger partial charge in [0.1, 0.15) is 5.60 Å². The van der Waals surface area contributed by atoms with E-state index < -0.39 is 17.1 Å². The Morgan fingerprint density at radius 2 is 1.65 bits per heavy atom. The van der Waals surface area contributed by atoms with Gasteiger partial charge in [0.2, 0.25) is 11.6 Å². The van der Waals surface area contributed by atoms with Crippen LogP contribution in [0.25, 0.3) is 0 Å². The van der Waals surface area contributed by atoms with Gasteiger partial charge in [0.15, 0.2) is 5.78 Å². The van der Waals surface area contributed by atoms with Crippen molar-refractivity contribution < 1.29 is 24.6 Å². The Morgan fingerprint density at radius 1 is 1.00 bits per heavy atom. The van der Waals surface area contributed by atoms with Crippen LogP contribution in [0.3, 0.4) is 0 Å². The first-order chi connectivity index (χ1) is 12.1. The maximum atomic E-state index is 13.1. The first-order valence-corrected chi connectivity index (χ1v) is 10.1. The van der Waals surface area contributed by atoms with Gasteiger partial charge in [-0.3, -0.25) is 14.4 Å². The van der Waals surface area contributed by atoms with Crippen LogP contribution in [0.1, 0.15) is 65.7 Å². The minimum Gasteiger partial charge on any atom is -0.393 e. The molecule has 4 saturated carbocycles. The van der Waals surface area contributed by atoms with Crippen LogP contribution in [-0.4, -0.2) is 39.3 Å². The van der Waals surface area contributed by atoms with Crippen LogP contribution in [0.5, 0.6) is 0 Å². The smallest absolute Gasteiger partial charge is 0.202 e. The van der Waals surface area contributed by atoms with Crippen molar-refractivity contribution in [1.82, 2.24) is 0 Å². The third-order valence-corrected chi connectivity index (χ3v) is 9.03. The number of rotatable bonds is 1. The van der Waals surface area contributed by atoms with Crippen LogP contribution in [-0.2, 0) is 14.4 Å². The summed E-state index contributed by atoms with van der Waals surface area (Å²) in [7, 11) is 0. The van der Waals surface area contributed by atoms with Crippen LogP contribution >= 0.6 is 0 Å². The highest BCUT2D eigenvalue weighted by atomic mass is 16.3. The largest absolute Gasteiger partial charge is 0.393 e. The van der Waals surface area contributed by atoms with Gasteiger partial charge in [0, 0.05) is 17.3 Å². The van der Waals surface area contributed by atoms with Crippen molar-refractivity contribution in [3.8, 4) is 0 Å². The minimum atomic E-state index is -1.38. The molecule has 0 aromatic heterocycles. The molecule has 0 amide bonds. The summed E-state index contributed by atoms with van der Waals surface area (Å²) < 4.78 is 0. The summed E-state index contributed by atoms with van der Waals surface area (Å²) >= 11 is 0. The molecule has 0 heterocycles. The highest BCUT2D eigenvalue weighted by Crippen LogP contribution is 2.67. The van der Waals surface area contributed by atoms with Crippen LogP contribution in [0, 0.1) is 34.5 Å². The summed E-state index contributed by atoms with van der Waals surface area (Å²) in [6, 6.07) is 0. The molecule has 4 aliphatic rings. The molecular formula is C21H30O5. The van der Waals surface area contributed by atoms with E-state index in [9.17, 15) is 24.6 Å². The Morgan fingerprint density at radius 3 is 2.31 bits per heavy atom. The van der Waals surface area contributed by atoms with Gasteiger partial charge < -0.3 is 10.2 Å². The van der Waals surface area contributed by atoms with Crippen LogP contribution in [0.4, 0.5) is 0 Å². The van der Waals surface area contributed by atoms with Gasteiger partial charge in [-0.25, -0.2) is 0 Å². The molecule has 144 valence electrons. The lowest BCUT2D eigenvalue weighted by Gasteiger charge is -2.59. The quantitative estimate of drug-likeness (QED) is 0.697. The normalized spacial score (nSPS) is 53.7. The summed E-state index contributed by atoms with van der Waals surface area (Å²) in [4.78, 5) is 38.3. The maximum Gasteiger partial charge on any atom is 0.202 e. The molecule has 0 spiro atoms. The zero-order chi connectivity index (χ0) is 19.1. The van der Waals surface area contributed by atoms with E-state index in [1.807, 2.05) is 6.92 Å². The molecule has 5 heteroatoms. The van der Waals surface area contributed by atoms with E-state index in [2.05, 4.69) is 6.92 Å². The van der Waals surface area contributed by atoms with E-state index in [4.69, 9.17) is 0 Å². The summed E-state index contributed by atoms with van der Waals surface area (Å²) in [5, 5.41) is 21.2. The van der Waals surface area contributed by atoms with E-state index in [0.29, 0.717) is 32.1 Å². The molecule has 4 aliphatic carbocycles. The zero-order valence-corrected chi connectivity index (χ0v) is 16.0. The van der Waals surface area contributed by atoms with Crippen molar-refractivity contribution in [2.45, 2.75) is 77.4 Å². The molecule has 0 radical (unpaired) electrons. The molecule has 4 rings (SSSR count). The Hall–Kier alpha value is -1.07. The fraction of sp³-hybridized carbons (Fsp3) is 0.857. The van der Waals surface area contributed by atoms with Gasteiger partial charge in [0.25, 0.3) is 0 Å². The average Bonchev–Trinajstić information content (AvgIpc) is 2.87. The van der Waals surface area contributed by atoms with E-state index in [-0.39, 0.29) is 46.4 Å². The Labute approximate surface area is 154 Å². The van der Waals surface area contributed by atoms with Crippen molar-refractivity contribution in [3.63, 3.8) is 0 Å². The Bertz CT molecular complexity index is 686. The number of carbonyl (C=O) groups excluding carboxylic acids is 3. The number of fused-ring (bicyclic) bond motifs is 5. The topological polar surface area (TPSA) is 91.7 Å². The summed E-state index contributed by atoms with van der Waals surface area (Å²) in [6.45, 7) is 5.51. The standard InChI is InChI=1S/C21H30O5/c1-11(22)21(26)9-6-14-16-13(5-8-20(14,21)3)19(2)7-4-12(23)10-15(19)17(24)18(16)25/h12-16,23,26H,4-10H2,1-3H3/t12?,13-,14-,15?,16+,19+,20-,21-/m0/s1. The molecule has 4 fully saturated rings. The maximum absolute atomic E-state index is 13.1. The molecule has 0 aliphatic heterocycles. The van der Waals surface area contributed by atoms with Gasteiger partial charge >= 0.3 is 0 Å². The third-order valence-electron chi connectivity index (χ3n) is 9.03. The van der Waals surface area contributed by atoms with Crippen molar-refractivity contribution >= 4 is 17.3 Å². The molecular weight excluding hydrogens is 332 g/mol. The summed E-state index contributed by atoms with van der Waals surface area (Å²) in [6.07, 6.45) is 3.81. The predicted molar refractivity (Wildman–Crippen MR) is 94.1 cm³/mol. The number of hydrogen-bond acceptors (Lipinski definition) is 5. The first-order valence-electron chi connectivity index (χ1n) is 10.1. The first kappa shape index (κ1) is 18.3. The number of aliphatic hydroxyl groups excluding tert-OH is 1. The fourth-order valence-electron chi connectivity index (χ4n) is 7.34. The predicted octanol–water partition coefficient (Wildman–Crippen LogP) is 2.07. The summed E-state index contributed by atoms with van der Waals surface area (Å²) in [5.74, 6) is -1.62. The molecule has 0 bridgehead atoms. The second kappa shape index (κ2) is 5.48. The average molecular weight is 362 g/mol. The van der Waals surface area contributed by atoms with Crippen molar-refractivity contribution in [3.05, 3.63) is 0 Å². The second-order valence-electron chi connectivity index (χ2n) is 9.87. The second-order valence-corrected chi connectivity index (χ2v) is 9.87. The molecule has 0 aromatic rings. The number of aliphatic hydroxyl groups is 2. The van der Waals surface area contributed by atoms with E-state index in [1.165, 1.54) is 6.92 Å². The summed E-state index contributed by atoms with van der Waals surface area (Å²) in [5.41, 5.74) is -2.27. The van der Waals surface area contributed by atoms with Crippen molar-refractivity contribution in [2.75, 3.05) is 0 Å². The van der Waals surface area contributed by atoms with Gasteiger partial charge in [-0.05, 0) is 69.1 Å². The molecule has 5 nitrogen and oxygen atoms in total. The number of Topliss-reactive ketones (excluding diaryl/α,β-unsaturated/α-hetero) is 3. The van der Waals surface area contributed by atoms with Crippen LogP contribution in [0.15, 0.2) is 0 Å². The zero-order valence-electron chi connectivity index (χ0n) is 16.0. The molecule has 0 aromatic carbocycles. The van der Waals surface area contributed by atoms with Crippen molar-refractivity contribution in [1.29, 1.82) is 0 Å². The molecule has 2 unspecified atom stereocenters. The molecule has 26 heavy (non-hydrogen) atoms. The highest BCUT2D eigenvalue weighted by Gasteiger charge is 2.69. The van der Waals surface area contributed by atoms with Gasteiger partial charge in [-0.2, -0.15) is 0 Å². The van der Waals surface area contributed by atoms with Crippen molar-refractivity contribution in [2.24, 2.45) is 34.5 Å². The number of carbonyl (C=O) groups is 3. The lowest BCUT2D eigenvalue weighted by atomic mass is 9.43. The van der Waals surface area contributed by atoms with Gasteiger partial charge in [-0.1, -0.05) is 13.8 Å². The SMILES string of the molecule is CC(=O)[C@@]1(O)CC[C@H]2[C@@H]3C(=O)C(=O)C4CC(O)CC[C@]4(C)[C@H]3CC[C@@]21C. The Kier molecular flexibility index (Phi) is 3.86. The monoisotopic (exact) mass is 362 g/mol. The van der Waals surface area contributed by atoms with Gasteiger partial charge in [-0.15, -0.1) is 0 Å². The van der Waals surface area contributed by atoms with E-state index in [0.717, 1.165) is 12.8 Å². The third kappa shape index (κ3) is 2.02. The Balaban J connectivity index is 1.76. The lowest BCUT2D eigenvalue weighted by Crippen LogP contribution is -2.63. The minimum absolute atomic E-state index is 0.109. The number of hydrogen-bond donors (Lipinski definition) is 2. The van der Waals surface area contributed by atoms with E-state index in [1.54, 1.807) is 0 Å². The van der Waals surface area contributed by atoms with Gasteiger partial charge in [0.05, 0.1) is 6.10 Å². The fourth-order valence-corrected chi connectivity index (χ4v) is 7.34. The highest BCUT2D eigenvalue weighted by molar-refractivity contribution is 6.39. The van der Waals surface area contributed by atoms with Crippen LogP contribution < -0.4 is 0 Å². The molecule has 2 N–H and O–H groups in total. The number of ketones is 3.